The zero-order valence-electron chi connectivity index (χ0n) is 20.2. The molecule has 1 unspecified atom stereocenters. The zero-order valence-corrected chi connectivity index (χ0v) is 20.2. The van der Waals surface area contributed by atoms with Crippen LogP contribution in [0.4, 0.5) is 10.5 Å². The second-order valence-corrected chi connectivity index (χ2v) is 8.73. The zero-order chi connectivity index (χ0) is 26.4. The van der Waals surface area contributed by atoms with Gasteiger partial charge in [0.15, 0.2) is 0 Å². The van der Waals surface area contributed by atoms with Crippen molar-refractivity contribution in [2.75, 3.05) is 5.32 Å². The lowest BCUT2D eigenvalue weighted by molar-refractivity contribution is -0.129. The summed E-state index contributed by atoms with van der Waals surface area (Å²) < 4.78 is 6.58. The number of nitrogens with zero attached hydrogens (tertiary/aromatic N) is 2. The Labute approximate surface area is 213 Å². The first-order chi connectivity index (χ1) is 17.8. The van der Waals surface area contributed by atoms with Gasteiger partial charge in [-0.25, -0.2) is 9.78 Å². The van der Waals surface area contributed by atoms with Gasteiger partial charge in [0.1, 0.15) is 29.5 Å². The van der Waals surface area contributed by atoms with Crippen LogP contribution in [0.1, 0.15) is 35.4 Å². The fourth-order valence-electron chi connectivity index (χ4n) is 4.38. The number of aromatic nitrogens is 2. The number of carbonyl (C=O) groups excluding carboxylic acids is 2. The molecule has 0 aliphatic carbocycles. The Morgan fingerprint density at radius 1 is 1.16 bits per heavy atom. The molecule has 1 aliphatic rings. The summed E-state index contributed by atoms with van der Waals surface area (Å²) in [5.41, 5.74) is 5.85. The molecule has 0 saturated heterocycles. The number of nitrogens with one attached hydrogen (secondary N) is 3. The van der Waals surface area contributed by atoms with Gasteiger partial charge in [0.05, 0.1) is 6.20 Å². The Bertz CT molecular complexity index is 1380. The minimum absolute atomic E-state index is 0.0386. The minimum atomic E-state index is -1.23. The van der Waals surface area contributed by atoms with E-state index in [1.54, 1.807) is 30.3 Å². The molecule has 0 fully saturated rings. The SMILES string of the molecule is C=CCC1(C(=O)NCc2ccc(C(=N)N)cc2)CCc2ncc(NC(=O)OCc3ccccc3)c(=O)n21. The lowest BCUT2D eigenvalue weighted by Crippen LogP contribution is -2.50. The van der Waals surface area contributed by atoms with Crippen LogP contribution in [0.5, 0.6) is 0 Å². The van der Waals surface area contributed by atoms with Crippen molar-refractivity contribution in [2.45, 2.75) is 38.0 Å². The molecule has 1 atom stereocenters. The van der Waals surface area contributed by atoms with E-state index in [0.29, 0.717) is 24.2 Å². The predicted molar refractivity (Wildman–Crippen MR) is 139 cm³/mol. The van der Waals surface area contributed by atoms with E-state index >= 15 is 0 Å². The largest absolute Gasteiger partial charge is 0.444 e. The maximum absolute atomic E-state index is 13.5. The van der Waals surface area contributed by atoms with Gasteiger partial charge >= 0.3 is 6.09 Å². The first-order valence-electron chi connectivity index (χ1n) is 11.8. The van der Waals surface area contributed by atoms with Gasteiger partial charge < -0.3 is 15.8 Å². The molecule has 1 aliphatic heterocycles. The standard InChI is InChI=1S/C27H28N6O4/c1-2-13-27(25(35)31-15-18-8-10-20(11-9-18)23(28)29)14-12-22-30-16-21(24(34)33(22)27)32-26(36)37-17-19-6-4-3-5-7-19/h2-11,16H,1,12-15,17H2,(H3,28,29)(H,31,35)(H,32,36). The summed E-state index contributed by atoms with van der Waals surface area (Å²) in [6, 6.07) is 16.1. The number of hydrogen-bond acceptors (Lipinski definition) is 6. The van der Waals surface area contributed by atoms with E-state index in [-0.39, 0.29) is 37.0 Å². The summed E-state index contributed by atoms with van der Waals surface area (Å²) in [6.45, 7) is 4.05. The van der Waals surface area contributed by atoms with Gasteiger partial charge in [0.25, 0.3) is 5.56 Å². The number of allylic oxidation sites excluding steroid dienone is 1. The van der Waals surface area contributed by atoms with Crippen LogP contribution in [0.15, 0.2) is 78.2 Å². The Morgan fingerprint density at radius 2 is 1.89 bits per heavy atom. The molecular formula is C27H28N6O4. The van der Waals surface area contributed by atoms with Crippen LogP contribution in [-0.4, -0.2) is 27.4 Å². The van der Waals surface area contributed by atoms with Gasteiger partial charge in [-0.1, -0.05) is 60.7 Å². The Balaban J connectivity index is 1.52. The normalized spacial score (nSPS) is 15.9. The number of carbonyl (C=O) groups is 2. The molecule has 10 nitrogen and oxygen atoms in total. The third kappa shape index (κ3) is 5.43. The highest BCUT2D eigenvalue weighted by Crippen LogP contribution is 2.34. The van der Waals surface area contributed by atoms with Gasteiger partial charge in [-0.15, -0.1) is 6.58 Å². The number of anilines is 1. The molecule has 2 amide bonds. The third-order valence-corrected chi connectivity index (χ3v) is 6.30. The number of aryl methyl sites for hydroxylation is 1. The molecule has 0 radical (unpaired) electrons. The van der Waals surface area contributed by atoms with Crippen LogP contribution in [0.3, 0.4) is 0 Å². The molecular weight excluding hydrogens is 472 g/mol. The van der Waals surface area contributed by atoms with E-state index in [1.165, 1.54) is 10.8 Å². The monoisotopic (exact) mass is 500 g/mol. The number of ether oxygens (including phenoxy) is 1. The fourth-order valence-corrected chi connectivity index (χ4v) is 4.38. The van der Waals surface area contributed by atoms with Crippen LogP contribution < -0.4 is 21.9 Å². The van der Waals surface area contributed by atoms with Crippen LogP contribution in [0, 0.1) is 5.41 Å². The highest BCUT2D eigenvalue weighted by molar-refractivity contribution is 5.94. The first kappa shape index (κ1) is 25.4. The average Bonchev–Trinajstić information content (AvgIpc) is 3.29. The maximum atomic E-state index is 13.5. The number of hydrogen-bond donors (Lipinski definition) is 4. The van der Waals surface area contributed by atoms with Crippen molar-refractivity contribution in [1.29, 1.82) is 5.41 Å². The summed E-state index contributed by atoms with van der Waals surface area (Å²) in [6.07, 6.45) is 3.07. The quantitative estimate of drug-likeness (QED) is 0.201. The van der Waals surface area contributed by atoms with Crippen molar-refractivity contribution in [3.63, 3.8) is 0 Å². The van der Waals surface area contributed by atoms with E-state index in [9.17, 15) is 14.4 Å². The number of nitrogen functional groups attached to an aromatic ring is 1. The Hall–Kier alpha value is -4.73. The third-order valence-electron chi connectivity index (χ3n) is 6.30. The molecule has 2 aromatic carbocycles. The summed E-state index contributed by atoms with van der Waals surface area (Å²) in [4.78, 5) is 43.6. The molecule has 0 spiro atoms. The minimum Gasteiger partial charge on any atom is -0.444 e. The molecule has 1 aromatic heterocycles. The van der Waals surface area contributed by atoms with Crippen LogP contribution >= 0.6 is 0 Å². The van der Waals surface area contributed by atoms with E-state index in [0.717, 1.165) is 11.1 Å². The van der Waals surface area contributed by atoms with Gasteiger partial charge in [-0.2, -0.15) is 0 Å². The molecule has 0 bridgehead atoms. The Kier molecular flexibility index (Phi) is 7.47. The lowest BCUT2D eigenvalue weighted by atomic mass is 9.91. The number of benzene rings is 2. The van der Waals surface area contributed by atoms with Crippen molar-refractivity contribution in [1.82, 2.24) is 14.9 Å². The average molecular weight is 501 g/mol. The number of nitrogens with two attached hydrogens (primary N) is 1. The van der Waals surface area contributed by atoms with E-state index in [4.69, 9.17) is 15.9 Å². The molecule has 3 aromatic rings. The van der Waals surface area contributed by atoms with E-state index in [2.05, 4.69) is 22.2 Å². The van der Waals surface area contributed by atoms with Gasteiger partial charge in [-0.05, 0) is 24.0 Å². The van der Waals surface area contributed by atoms with Crippen LogP contribution in [0.2, 0.25) is 0 Å². The molecule has 2 heterocycles. The highest BCUT2D eigenvalue weighted by Gasteiger charge is 2.46. The van der Waals surface area contributed by atoms with Crippen LogP contribution in [-0.2, 0) is 34.6 Å². The van der Waals surface area contributed by atoms with Crippen LogP contribution in [0.25, 0.3) is 0 Å². The maximum Gasteiger partial charge on any atom is 0.412 e. The number of rotatable bonds is 9. The molecule has 10 heteroatoms. The van der Waals surface area contributed by atoms with Crippen molar-refractivity contribution in [3.05, 3.63) is 106 Å². The van der Waals surface area contributed by atoms with Gasteiger partial charge in [-0.3, -0.25) is 24.9 Å². The van der Waals surface area contributed by atoms with E-state index in [1.807, 2.05) is 30.3 Å². The lowest BCUT2D eigenvalue weighted by Gasteiger charge is -2.29. The summed E-state index contributed by atoms with van der Waals surface area (Å²) in [7, 11) is 0. The van der Waals surface area contributed by atoms with Crippen molar-refractivity contribution >= 4 is 23.5 Å². The topological polar surface area (TPSA) is 152 Å². The molecule has 4 rings (SSSR count). The number of fused-ring (bicyclic) bond motifs is 1. The second-order valence-electron chi connectivity index (χ2n) is 8.73. The number of amidine groups is 1. The molecule has 37 heavy (non-hydrogen) atoms. The number of amides is 2. The molecule has 0 saturated carbocycles. The Morgan fingerprint density at radius 3 is 2.57 bits per heavy atom. The highest BCUT2D eigenvalue weighted by atomic mass is 16.5. The van der Waals surface area contributed by atoms with Crippen molar-refractivity contribution in [3.8, 4) is 0 Å². The first-order valence-corrected chi connectivity index (χ1v) is 11.8. The van der Waals surface area contributed by atoms with Crippen molar-refractivity contribution in [2.24, 2.45) is 5.73 Å². The van der Waals surface area contributed by atoms with Gasteiger partial charge in [0.2, 0.25) is 5.91 Å². The predicted octanol–water partition coefficient (Wildman–Crippen LogP) is 2.81. The molecule has 190 valence electrons. The van der Waals surface area contributed by atoms with E-state index < -0.39 is 17.2 Å². The smallest absolute Gasteiger partial charge is 0.412 e. The summed E-state index contributed by atoms with van der Waals surface area (Å²) in [5, 5.41) is 12.9. The van der Waals surface area contributed by atoms with Gasteiger partial charge in [0, 0.05) is 18.5 Å². The fraction of sp³-hybridized carbons (Fsp3) is 0.222. The van der Waals surface area contributed by atoms with Crippen molar-refractivity contribution < 1.29 is 14.3 Å². The molecule has 5 N–H and O–H groups in total. The summed E-state index contributed by atoms with van der Waals surface area (Å²) >= 11 is 0. The second kappa shape index (κ2) is 10.9. The summed E-state index contributed by atoms with van der Waals surface area (Å²) in [5.74, 6) is 0.0637.